The number of carbonyl (C=O) groups excluding carboxylic acids is 3. The first-order valence-electron chi connectivity index (χ1n) is 7.41. The Morgan fingerprint density at radius 3 is 2.25 bits per heavy atom. The van der Waals surface area contributed by atoms with E-state index in [2.05, 4.69) is 12.2 Å². The summed E-state index contributed by atoms with van der Waals surface area (Å²) in [7, 11) is 0. The molecule has 0 spiro atoms. The highest BCUT2D eigenvalue weighted by molar-refractivity contribution is 6.07. The number of rotatable bonds is 2. The second-order valence-corrected chi connectivity index (χ2v) is 6.18. The first kappa shape index (κ1) is 13.5. The first-order valence-corrected chi connectivity index (χ1v) is 7.41. The molecule has 20 heavy (non-hydrogen) atoms. The standard InChI is InChI=1S/C14H21N3O3/c1-9-6-10-11(7-9)14(20)17(13(10)19)8-12(18)16-4-2-15-3-5-16/h9-11,15H,2-8H2,1H3. The molecule has 6 nitrogen and oxygen atoms in total. The van der Waals surface area contributed by atoms with Crippen LogP contribution in [0, 0.1) is 17.8 Å². The fourth-order valence-corrected chi connectivity index (χ4v) is 3.65. The number of fused-ring (bicyclic) bond motifs is 1. The van der Waals surface area contributed by atoms with Crippen LogP contribution in [0.5, 0.6) is 0 Å². The first-order chi connectivity index (χ1) is 9.58. The van der Waals surface area contributed by atoms with Crippen molar-refractivity contribution in [2.75, 3.05) is 32.7 Å². The van der Waals surface area contributed by atoms with Gasteiger partial charge in [0, 0.05) is 26.2 Å². The van der Waals surface area contributed by atoms with Crippen molar-refractivity contribution >= 4 is 17.7 Å². The van der Waals surface area contributed by atoms with Crippen LogP contribution in [0.2, 0.25) is 0 Å². The molecule has 3 aliphatic rings. The summed E-state index contributed by atoms with van der Waals surface area (Å²) in [5.74, 6) is -0.285. The molecule has 3 fully saturated rings. The predicted molar refractivity (Wildman–Crippen MR) is 71.5 cm³/mol. The molecular weight excluding hydrogens is 258 g/mol. The van der Waals surface area contributed by atoms with E-state index < -0.39 is 0 Å². The number of carbonyl (C=O) groups is 3. The van der Waals surface area contributed by atoms with Gasteiger partial charge in [-0.2, -0.15) is 0 Å². The Morgan fingerprint density at radius 1 is 1.15 bits per heavy atom. The zero-order chi connectivity index (χ0) is 14.3. The van der Waals surface area contributed by atoms with Crippen molar-refractivity contribution in [2.45, 2.75) is 19.8 Å². The molecule has 0 radical (unpaired) electrons. The number of amides is 3. The van der Waals surface area contributed by atoms with Crippen molar-refractivity contribution < 1.29 is 14.4 Å². The van der Waals surface area contributed by atoms with Gasteiger partial charge in [0.2, 0.25) is 17.7 Å². The summed E-state index contributed by atoms with van der Waals surface area (Å²) in [6.07, 6.45) is 1.57. The van der Waals surface area contributed by atoms with Crippen molar-refractivity contribution in [3.8, 4) is 0 Å². The van der Waals surface area contributed by atoms with Crippen molar-refractivity contribution in [1.82, 2.24) is 15.1 Å². The van der Waals surface area contributed by atoms with Gasteiger partial charge in [-0.3, -0.25) is 19.3 Å². The summed E-state index contributed by atoms with van der Waals surface area (Å²) in [6.45, 7) is 4.86. The topological polar surface area (TPSA) is 69.7 Å². The molecule has 3 amide bonds. The summed E-state index contributed by atoms with van der Waals surface area (Å²) in [6, 6.07) is 0. The van der Waals surface area contributed by atoms with Crippen molar-refractivity contribution in [3.63, 3.8) is 0 Å². The SMILES string of the molecule is CC1CC2C(=O)N(CC(=O)N3CCNCC3)C(=O)C2C1. The molecular formula is C14H21N3O3. The van der Waals surface area contributed by atoms with Crippen LogP contribution in [-0.4, -0.2) is 60.2 Å². The maximum atomic E-state index is 12.3. The smallest absolute Gasteiger partial charge is 0.242 e. The van der Waals surface area contributed by atoms with Crippen LogP contribution in [0.4, 0.5) is 0 Å². The second kappa shape index (κ2) is 5.16. The van der Waals surface area contributed by atoms with E-state index in [0.717, 1.165) is 25.9 Å². The molecule has 1 N–H and O–H groups in total. The van der Waals surface area contributed by atoms with Gasteiger partial charge in [0.25, 0.3) is 0 Å². The Balaban J connectivity index is 1.65. The summed E-state index contributed by atoms with van der Waals surface area (Å²) in [5, 5.41) is 3.18. The lowest BCUT2D eigenvalue weighted by atomic mass is 10.00. The van der Waals surface area contributed by atoms with Gasteiger partial charge < -0.3 is 10.2 Å². The quantitative estimate of drug-likeness (QED) is 0.689. The molecule has 6 heteroatoms. The molecule has 1 aliphatic carbocycles. The number of likely N-dealkylation sites (tertiary alicyclic amines) is 1. The zero-order valence-electron chi connectivity index (χ0n) is 11.8. The molecule has 2 atom stereocenters. The van der Waals surface area contributed by atoms with Gasteiger partial charge in [-0.05, 0) is 18.8 Å². The van der Waals surface area contributed by atoms with Crippen molar-refractivity contribution in [3.05, 3.63) is 0 Å². The third-order valence-electron chi connectivity index (χ3n) is 4.73. The fraction of sp³-hybridized carbons (Fsp3) is 0.786. The number of hydrogen-bond donors (Lipinski definition) is 1. The molecule has 1 saturated carbocycles. The zero-order valence-corrected chi connectivity index (χ0v) is 11.8. The van der Waals surface area contributed by atoms with E-state index in [1.54, 1.807) is 4.90 Å². The lowest BCUT2D eigenvalue weighted by molar-refractivity contribution is -0.147. The van der Waals surface area contributed by atoms with Gasteiger partial charge in [0.1, 0.15) is 6.54 Å². The second-order valence-electron chi connectivity index (χ2n) is 6.18. The van der Waals surface area contributed by atoms with Crippen LogP contribution < -0.4 is 5.32 Å². The van der Waals surface area contributed by atoms with Gasteiger partial charge >= 0.3 is 0 Å². The average molecular weight is 279 g/mol. The largest absolute Gasteiger partial charge is 0.339 e. The molecule has 2 unspecified atom stereocenters. The van der Waals surface area contributed by atoms with E-state index >= 15 is 0 Å². The number of nitrogens with zero attached hydrogens (tertiary/aromatic N) is 2. The molecule has 0 aromatic carbocycles. The number of nitrogens with one attached hydrogen (secondary N) is 1. The Hall–Kier alpha value is -1.43. The maximum absolute atomic E-state index is 12.3. The summed E-state index contributed by atoms with van der Waals surface area (Å²) >= 11 is 0. The van der Waals surface area contributed by atoms with Crippen molar-refractivity contribution in [1.29, 1.82) is 0 Å². The maximum Gasteiger partial charge on any atom is 0.242 e. The summed E-state index contributed by atoms with van der Waals surface area (Å²) in [5.41, 5.74) is 0. The lowest BCUT2D eigenvalue weighted by Gasteiger charge is -2.29. The van der Waals surface area contributed by atoms with Crippen LogP contribution >= 0.6 is 0 Å². The van der Waals surface area contributed by atoms with E-state index in [9.17, 15) is 14.4 Å². The minimum absolute atomic E-state index is 0.0704. The molecule has 2 saturated heterocycles. The molecule has 110 valence electrons. The highest BCUT2D eigenvalue weighted by Gasteiger charge is 2.52. The monoisotopic (exact) mass is 279 g/mol. The van der Waals surface area contributed by atoms with Crippen LogP contribution in [0.25, 0.3) is 0 Å². The van der Waals surface area contributed by atoms with Crippen LogP contribution in [-0.2, 0) is 14.4 Å². The Labute approximate surface area is 118 Å². The molecule has 0 bridgehead atoms. The van der Waals surface area contributed by atoms with Gasteiger partial charge in [-0.1, -0.05) is 6.92 Å². The number of piperazine rings is 1. The van der Waals surface area contributed by atoms with Crippen LogP contribution in [0.3, 0.4) is 0 Å². The van der Waals surface area contributed by atoms with Gasteiger partial charge in [0.05, 0.1) is 11.8 Å². The van der Waals surface area contributed by atoms with E-state index in [1.165, 1.54) is 4.90 Å². The normalized spacial score (nSPS) is 33.8. The third-order valence-corrected chi connectivity index (χ3v) is 4.73. The van der Waals surface area contributed by atoms with E-state index in [0.29, 0.717) is 19.0 Å². The molecule has 2 aliphatic heterocycles. The van der Waals surface area contributed by atoms with Crippen molar-refractivity contribution in [2.24, 2.45) is 17.8 Å². The van der Waals surface area contributed by atoms with E-state index in [1.807, 2.05) is 0 Å². The third kappa shape index (κ3) is 2.22. The minimum Gasteiger partial charge on any atom is -0.339 e. The van der Waals surface area contributed by atoms with Crippen LogP contribution in [0.15, 0.2) is 0 Å². The van der Waals surface area contributed by atoms with Gasteiger partial charge in [-0.25, -0.2) is 0 Å². The number of imide groups is 1. The Morgan fingerprint density at radius 2 is 1.70 bits per heavy atom. The fourth-order valence-electron chi connectivity index (χ4n) is 3.65. The highest BCUT2D eigenvalue weighted by Crippen LogP contribution is 2.42. The summed E-state index contributed by atoms with van der Waals surface area (Å²) < 4.78 is 0. The Bertz CT molecular complexity index is 421. The van der Waals surface area contributed by atoms with Gasteiger partial charge in [-0.15, -0.1) is 0 Å². The van der Waals surface area contributed by atoms with E-state index in [4.69, 9.17) is 0 Å². The Kier molecular flexibility index (Phi) is 3.50. The highest BCUT2D eigenvalue weighted by atomic mass is 16.2. The average Bonchev–Trinajstić information content (AvgIpc) is 2.93. The molecule has 0 aromatic rings. The predicted octanol–water partition coefficient (Wildman–Crippen LogP) is -0.551. The molecule has 2 heterocycles. The molecule has 0 aromatic heterocycles. The minimum atomic E-state index is -0.173. The van der Waals surface area contributed by atoms with E-state index in [-0.39, 0.29) is 36.1 Å². The summed E-state index contributed by atoms with van der Waals surface area (Å²) in [4.78, 5) is 39.7. The lowest BCUT2D eigenvalue weighted by Crippen LogP contribution is -2.50. The van der Waals surface area contributed by atoms with Crippen LogP contribution in [0.1, 0.15) is 19.8 Å². The molecule has 3 rings (SSSR count). The number of hydrogen-bond acceptors (Lipinski definition) is 4. The van der Waals surface area contributed by atoms with Gasteiger partial charge in [0.15, 0.2) is 0 Å².